The van der Waals surface area contributed by atoms with E-state index in [-0.39, 0.29) is 5.56 Å². The van der Waals surface area contributed by atoms with Crippen molar-refractivity contribution in [3.8, 4) is 5.69 Å². The number of halogens is 1. The molecule has 0 spiro atoms. The minimum Gasteiger partial charge on any atom is -0.314 e. The summed E-state index contributed by atoms with van der Waals surface area (Å²) in [6, 6.07) is 27.7. The van der Waals surface area contributed by atoms with Crippen LogP contribution >= 0.6 is 0 Å². The molecule has 202 valence electrons. The van der Waals surface area contributed by atoms with Gasteiger partial charge in [0.05, 0.1) is 22.6 Å². The van der Waals surface area contributed by atoms with Crippen LogP contribution in [0.15, 0.2) is 102 Å². The average Bonchev–Trinajstić information content (AvgIpc) is 2.95. The second-order valence-corrected chi connectivity index (χ2v) is 9.94. The third-order valence-electron chi connectivity index (χ3n) is 7.21. The number of amides is 2. The minimum atomic E-state index is -0.601. The van der Waals surface area contributed by atoms with E-state index >= 15 is 0 Å². The summed E-state index contributed by atoms with van der Waals surface area (Å²) in [7, 11) is 0. The number of para-hydroxylation sites is 1. The van der Waals surface area contributed by atoms with Gasteiger partial charge in [-0.05, 0) is 86.3 Å². The number of benzene rings is 4. The molecule has 1 N–H and O–H groups in total. The smallest absolute Gasteiger partial charge is 0.314 e. The first-order valence-corrected chi connectivity index (χ1v) is 13.3. The van der Waals surface area contributed by atoms with Gasteiger partial charge < -0.3 is 10.2 Å². The maximum absolute atomic E-state index is 13.9. The van der Waals surface area contributed by atoms with Crippen molar-refractivity contribution < 1.29 is 9.18 Å². The van der Waals surface area contributed by atoms with E-state index in [1.807, 2.05) is 81.4 Å². The summed E-state index contributed by atoms with van der Waals surface area (Å²) in [5, 5.41) is 3.33. The summed E-state index contributed by atoms with van der Waals surface area (Å²) in [4.78, 5) is 34.2. The molecule has 1 heterocycles. The molecular formula is C33H31FN4O2. The van der Waals surface area contributed by atoms with Crippen molar-refractivity contribution in [1.82, 2.24) is 14.5 Å². The highest BCUT2D eigenvalue weighted by atomic mass is 19.1. The summed E-state index contributed by atoms with van der Waals surface area (Å²) in [5.41, 5.74) is 4.60. The number of carbonyl (C=O) groups is 1. The molecule has 1 aromatic heterocycles. The van der Waals surface area contributed by atoms with Gasteiger partial charge in [-0.3, -0.25) is 9.36 Å². The fourth-order valence-corrected chi connectivity index (χ4v) is 4.81. The van der Waals surface area contributed by atoms with Crippen molar-refractivity contribution in [2.45, 2.75) is 33.2 Å². The Balaban J connectivity index is 1.62. The highest BCUT2D eigenvalue weighted by molar-refractivity contribution is 5.89. The van der Waals surface area contributed by atoms with E-state index in [2.05, 4.69) is 5.32 Å². The Kier molecular flexibility index (Phi) is 7.73. The van der Waals surface area contributed by atoms with Crippen molar-refractivity contribution in [3.63, 3.8) is 0 Å². The van der Waals surface area contributed by atoms with E-state index in [0.29, 0.717) is 41.1 Å². The van der Waals surface area contributed by atoms with Crippen LogP contribution in [0.5, 0.6) is 0 Å². The minimum absolute atomic E-state index is 0.204. The van der Waals surface area contributed by atoms with Crippen molar-refractivity contribution in [1.29, 1.82) is 0 Å². The predicted octanol–water partition coefficient (Wildman–Crippen LogP) is 6.98. The lowest BCUT2D eigenvalue weighted by Gasteiger charge is -2.31. The number of nitrogens with one attached hydrogen (secondary N) is 1. The molecule has 6 nitrogen and oxygen atoms in total. The van der Waals surface area contributed by atoms with Crippen LogP contribution in [0.2, 0.25) is 0 Å². The Labute approximate surface area is 232 Å². The van der Waals surface area contributed by atoms with Gasteiger partial charge in [0.1, 0.15) is 11.6 Å². The normalized spacial score (nSPS) is 11.8. The number of nitrogens with zero attached hydrogens (tertiary/aromatic N) is 3. The van der Waals surface area contributed by atoms with Crippen LogP contribution in [-0.2, 0) is 6.42 Å². The SMILES string of the molecule is Cc1ccc(-n2c(C(C)N(CCc3ccccc3)C(=O)Nc3cccc(F)c3)nc3ccccc3c2=O)cc1C. The van der Waals surface area contributed by atoms with E-state index in [1.165, 1.54) is 12.1 Å². The van der Waals surface area contributed by atoms with Crippen molar-refractivity contribution in [2.75, 3.05) is 11.9 Å². The van der Waals surface area contributed by atoms with Gasteiger partial charge in [0.15, 0.2) is 0 Å². The van der Waals surface area contributed by atoms with Gasteiger partial charge in [0, 0.05) is 12.2 Å². The summed E-state index contributed by atoms with van der Waals surface area (Å²) >= 11 is 0. The molecule has 0 fully saturated rings. The monoisotopic (exact) mass is 534 g/mol. The second-order valence-electron chi connectivity index (χ2n) is 9.94. The molecule has 40 heavy (non-hydrogen) atoms. The summed E-state index contributed by atoms with van der Waals surface area (Å²) in [6.45, 7) is 6.23. The second kappa shape index (κ2) is 11.5. The first-order valence-electron chi connectivity index (χ1n) is 13.3. The van der Waals surface area contributed by atoms with Crippen molar-refractivity contribution >= 4 is 22.6 Å². The predicted molar refractivity (Wildman–Crippen MR) is 157 cm³/mol. The Morgan fingerprint density at radius 2 is 1.68 bits per heavy atom. The molecule has 0 saturated carbocycles. The Morgan fingerprint density at radius 3 is 2.42 bits per heavy atom. The van der Waals surface area contributed by atoms with Gasteiger partial charge in [-0.2, -0.15) is 0 Å². The molecular weight excluding hydrogens is 503 g/mol. The lowest BCUT2D eigenvalue weighted by molar-refractivity contribution is 0.190. The molecule has 1 unspecified atom stereocenters. The fraction of sp³-hybridized carbons (Fsp3) is 0.182. The quantitative estimate of drug-likeness (QED) is 0.245. The molecule has 2 amide bonds. The lowest BCUT2D eigenvalue weighted by atomic mass is 10.1. The molecule has 5 rings (SSSR count). The van der Waals surface area contributed by atoms with Crippen LogP contribution in [0.1, 0.15) is 35.5 Å². The number of carbonyl (C=O) groups excluding carboxylic acids is 1. The van der Waals surface area contributed by atoms with Crippen LogP contribution in [0.3, 0.4) is 0 Å². The van der Waals surface area contributed by atoms with Crippen LogP contribution in [0.4, 0.5) is 14.9 Å². The summed E-state index contributed by atoms with van der Waals surface area (Å²) < 4.78 is 15.5. The van der Waals surface area contributed by atoms with E-state index in [1.54, 1.807) is 33.7 Å². The molecule has 0 aliphatic rings. The topological polar surface area (TPSA) is 67.2 Å². The van der Waals surface area contributed by atoms with E-state index in [9.17, 15) is 14.0 Å². The Morgan fingerprint density at radius 1 is 0.925 bits per heavy atom. The Bertz CT molecular complexity index is 1730. The van der Waals surface area contributed by atoms with Crippen molar-refractivity contribution in [2.24, 2.45) is 0 Å². The highest BCUT2D eigenvalue weighted by Gasteiger charge is 2.27. The van der Waals surface area contributed by atoms with E-state index in [4.69, 9.17) is 4.98 Å². The molecule has 7 heteroatoms. The molecule has 4 aromatic carbocycles. The number of hydrogen-bond acceptors (Lipinski definition) is 3. The van der Waals surface area contributed by atoms with Crippen LogP contribution in [-0.4, -0.2) is 27.0 Å². The van der Waals surface area contributed by atoms with Gasteiger partial charge in [0.2, 0.25) is 0 Å². The Hall–Kier alpha value is -4.78. The molecule has 1 atom stereocenters. The van der Waals surface area contributed by atoms with Gasteiger partial charge in [-0.25, -0.2) is 14.2 Å². The van der Waals surface area contributed by atoms with Crippen LogP contribution in [0, 0.1) is 19.7 Å². The lowest BCUT2D eigenvalue weighted by Crippen LogP contribution is -2.41. The maximum Gasteiger partial charge on any atom is 0.322 e. The molecule has 0 radical (unpaired) electrons. The molecule has 0 aliphatic carbocycles. The zero-order valence-electron chi connectivity index (χ0n) is 22.8. The first kappa shape index (κ1) is 26.8. The van der Waals surface area contributed by atoms with Crippen molar-refractivity contribution in [3.05, 3.63) is 136 Å². The largest absolute Gasteiger partial charge is 0.322 e. The summed E-state index contributed by atoms with van der Waals surface area (Å²) in [5.74, 6) is -0.00383. The number of anilines is 1. The van der Waals surface area contributed by atoms with E-state index < -0.39 is 17.9 Å². The van der Waals surface area contributed by atoms with Gasteiger partial charge >= 0.3 is 6.03 Å². The number of hydrogen-bond donors (Lipinski definition) is 1. The molecule has 5 aromatic rings. The van der Waals surface area contributed by atoms with Gasteiger partial charge in [-0.1, -0.05) is 54.6 Å². The molecule has 0 saturated heterocycles. The number of fused-ring (bicyclic) bond motifs is 1. The zero-order valence-corrected chi connectivity index (χ0v) is 22.8. The fourth-order valence-electron chi connectivity index (χ4n) is 4.81. The van der Waals surface area contributed by atoms with Gasteiger partial charge in [-0.15, -0.1) is 0 Å². The van der Waals surface area contributed by atoms with E-state index in [0.717, 1.165) is 16.7 Å². The highest BCUT2D eigenvalue weighted by Crippen LogP contribution is 2.25. The maximum atomic E-state index is 13.9. The molecule has 0 aliphatic heterocycles. The number of rotatable bonds is 7. The number of aromatic nitrogens is 2. The summed E-state index contributed by atoms with van der Waals surface area (Å²) in [6.07, 6.45) is 0.587. The number of aryl methyl sites for hydroxylation is 2. The zero-order chi connectivity index (χ0) is 28.2. The number of urea groups is 1. The third-order valence-corrected chi connectivity index (χ3v) is 7.21. The van der Waals surface area contributed by atoms with Crippen LogP contribution in [0.25, 0.3) is 16.6 Å². The third kappa shape index (κ3) is 5.64. The molecule has 0 bridgehead atoms. The van der Waals surface area contributed by atoms with Gasteiger partial charge in [0.25, 0.3) is 5.56 Å². The van der Waals surface area contributed by atoms with Crippen LogP contribution < -0.4 is 10.9 Å². The average molecular weight is 535 g/mol. The standard InChI is InChI=1S/C33H31FN4O2/c1-22-16-17-28(20-23(22)2)38-31(36-30-15-8-7-14-29(30)32(38)39)24(3)37(19-18-25-10-5-4-6-11-25)33(40)35-27-13-9-12-26(34)21-27/h4-17,20-21,24H,18-19H2,1-3H3,(H,35,40). The first-order chi connectivity index (χ1) is 19.3.